The van der Waals surface area contributed by atoms with Crippen LogP contribution in [0.1, 0.15) is 40.0 Å². The molecule has 7 nitrogen and oxygen atoms in total. The van der Waals surface area contributed by atoms with Crippen molar-refractivity contribution in [3.8, 4) is 0 Å². The molecule has 0 radical (unpaired) electrons. The first-order chi connectivity index (χ1) is 11.4. The van der Waals surface area contributed by atoms with E-state index in [1.54, 1.807) is 6.20 Å². The second kappa shape index (κ2) is 6.84. The number of fused-ring (bicyclic) bond motifs is 1. The average Bonchev–Trinajstić information content (AvgIpc) is 2.97. The van der Waals surface area contributed by atoms with Crippen molar-refractivity contribution in [1.82, 2.24) is 24.6 Å². The van der Waals surface area contributed by atoms with E-state index in [0.29, 0.717) is 5.82 Å². The molecule has 1 N–H and O–H groups in total. The Morgan fingerprint density at radius 2 is 1.92 bits per heavy atom. The lowest BCUT2D eigenvalue weighted by Crippen LogP contribution is -2.32. The van der Waals surface area contributed by atoms with Gasteiger partial charge in [-0.2, -0.15) is 5.10 Å². The smallest absolute Gasteiger partial charge is 0.230 e. The maximum atomic E-state index is 12.2. The third kappa shape index (κ3) is 3.72. The fourth-order valence-corrected chi connectivity index (χ4v) is 2.87. The second-order valence-corrected chi connectivity index (χ2v) is 7.43. The zero-order valence-electron chi connectivity index (χ0n) is 14.7. The highest BCUT2D eigenvalue weighted by atomic mass is 16.2. The van der Waals surface area contributed by atoms with Crippen LogP contribution in [-0.2, 0) is 11.3 Å². The van der Waals surface area contributed by atoms with Crippen LogP contribution in [0.2, 0.25) is 0 Å². The van der Waals surface area contributed by atoms with Crippen molar-refractivity contribution in [3.63, 3.8) is 0 Å². The molecule has 2 aromatic heterocycles. The molecule has 1 amide bonds. The zero-order valence-corrected chi connectivity index (χ0v) is 14.7. The van der Waals surface area contributed by atoms with E-state index < -0.39 is 5.41 Å². The molecule has 1 aliphatic rings. The predicted octanol–water partition coefficient (Wildman–Crippen LogP) is 2.30. The number of carbonyl (C=O) groups excluding carboxylic acids is 1. The summed E-state index contributed by atoms with van der Waals surface area (Å²) in [7, 11) is 0. The maximum Gasteiger partial charge on any atom is 0.230 e. The molecule has 1 aliphatic heterocycles. The number of aromatic nitrogens is 4. The van der Waals surface area contributed by atoms with Gasteiger partial charge in [0, 0.05) is 12.0 Å². The Hall–Kier alpha value is -2.02. The van der Waals surface area contributed by atoms with Crippen LogP contribution >= 0.6 is 0 Å². The first-order valence-corrected chi connectivity index (χ1v) is 8.65. The summed E-state index contributed by atoms with van der Waals surface area (Å²) >= 11 is 0. The molecule has 7 heteroatoms. The normalized spacial score (nSPS) is 16.5. The van der Waals surface area contributed by atoms with Crippen molar-refractivity contribution in [3.05, 3.63) is 12.5 Å². The van der Waals surface area contributed by atoms with Gasteiger partial charge in [0.1, 0.15) is 12.1 Å². The van der Waals surface area contributed by atoms with Gasteiger partial charge in [0.05, 0.1) is 18.1 Å². The first kappa shape index (κ1) is 16.8. The molecule has 1 saturated heterocycles. The van der Waals surface area contributed by atoms with Gasteiger partial charge in [-0.1, -0.05) is 27.2 Å². The van der Waals surface area contributed by atoms with Crippen molar-refractivity contribution in [2.75, 3.05) is 25.0 Å². The van der Waals surface area contributed by atoms with Gasteiger partial charge in [-0.05, 0) is 25.9 Å². The molecule has 0 aliphatic carbocycles. The molecule has 0 atom stereocenters. The molecule has 3 rings (SSSR count). The zero-order chi connectivity index (χ0) is 17.2. The van der Waals surface area contributed by atoms with Gasteiger partial charge in [0.2, 0.25) is 5.91 Å². The molecule has 24 heavy (non-hydrogen) atoms. The first-order valence-electron chi connectivity index (χ1n) is 8.65. The Morgan fingerprint density at radius 3 is 2.62 bits per heavy atom. The Bertz CT molecular complexity index is 711. The summed E-state index contributed by atoms with van der Waals surface area (Å²) in [6.45, 7) is 9.74. The molecule has 0 aromatic carbocycles. The highest BCUT2D eigenvalue weighted by Gasteiger charge is 2.23. The third-order valence-electron chi connectivity index (χ3n) is 4.42. The number of piperidine rings is 1. The molecule has 2 aromatic rings. The summed E-state index contributed by atoms with van der Waals surface area (Å²) in [5, 5.41) is 8.12. The Morgan fingerprint density at radius 1 is 1.17 bits per heavy atom. The van der Waals surface area contributed by atoms with Gasteiger partial charge < -0.3 is 10.2 Å². The Labute approximate surface area is 142 Å². The molecule has 0 spiro atoms. The number of likely N-dealkylation sites (tertiary alicyclic amines) is 1. The van der Waals surface area contributed by atoms with Crippen molar-refractivity contribution < 1.29 is 4.79 Å². The van der Waals surface area contributed by atoms with Gasteiger partial charge in [-0.25, -0.2) is 14.6 Å². The van der Waals surface area contributed by atoms with Crippen molar-refractivity contribution in [1.29, 1.82) is 0 Å². The van der Waals surface area contributed by atoms with E-state index in [1.807, 2.05) is 25.5 Å². The maximum absolute atomic E-state index is 12.2. The lowest BCUT2D eigenvalue weighted by Gasteiger charge is -2.26. The number of rotatable bonds is 4. The van der Waals surface area contributed by atoms with Gasteiger partial charge in [-0.15, -0.1) is 0 Å². The molecule has 3 heterocycles. The number of nitrogens with zero attached hydrogens (tertiary/aromatic N) is 5. The highest BCUT2D eigenvalue weighted by Crippen LogP contribution is 2.22. The summed E-state index contributed by atoms with van der Waals surface area (Å²) in [5.41, 5.74) is 0.299. The number of amides is 1. The van der Waals surface area contributed by atoms with Crippen LogP contribution in [0.5, 0.6) is 0 Å². The van der Waals surface area contributed by atoms with Crippen LogP contribution in [0.3, 0.4) is 0 Å². The van der Waals surface area contributed by atoms with E-state index >= 15 is 0 Å². The predicted molar refractivity (Wildman–Crippen MR) is 93.7 cm³/mol. The van der Waals surface area contributed by atoms with Gasteiger partial charge in [0.15, 0.2) is 5.65 Å². The van der Waals surface area contributed by atoms with Crippen LogP contribution in [0.25, 0.3) is 11.0 Å². The summed E-state index contributed by atoms with van der Waals surface area (Å²) in [6.07, 6.45) is 7.13. The van der Waals surface area contributed by atoms with Gasteiger partial charge >= 0.3 is 0 Å². The third-order valence-corrected chi connectivity index (χ3v) is 4.42. The Kier molecular flexibility index (Phi) is 4.80. The lowest BCUT2D eigenvalue weighted by molar-refractivity contribution is -0.123. The van der Waals surface area contributed by atoms with Crippen LogP contribution in [-0.4, -0.2) is 50.2 Å². The van der Waals surface area contributed by atoms with E-state index in [-0.39, 0.29) is 5.91 Å². The minimum absolute atomic E-state index is 0.0661. The summed E-state index contributed by atoms with van der Waals surface area (Å²) in [4.78, 5) is 23.3. The number of carbonyl (C=O) groups is 1. The molecular formula is C17H26N6O. The van der Waals surface area contributed by atoms with E-state index in [0.717, 1.165) is 24.1 Å². The quantitative estimate of drug-likeness (QED) is 0.931. The van der Waals surface area contributed by atoms with Crippen LogP contribution in [0.4, 0.5) is 5.82 Å². The van der Waals surface area contributed by atoms with Crippen LogP contribution in [0, 0.1) is 5.41 Å². The Balaban J connectivity index is 1.75. The topological polar surface area (TPSA) is 75.9 Å². The van der Waals surface area contributed by atoms with Gasteiger partial charge in [-0.3, -0.25) is 4.79 Å². The second-order valence-electron chi connectivity index (χ2n) is 7.43. The molecule has 130 valence electrons. The SMILES string of the molecule is CC(C)(C)C(=O)Nc1ncnc2c1cnn2CCN1CCCCC1. The minimum atomic E-state index is -0.471. The van der Waals surface area contributed by atoms with Crippen molar-refractivity contribution in [2.45, 2.75) is 46.6 Å². The number of hydrogen-bond donors (Lipinski definition) is 1. The summed E-state index contributed by atoms with van der Waals surface area (Å²) < 4.78 is 1.90. The van der Waals surface area contributed by atoms with Crippen LogP contribution < -0.4 is 5.32 Å². The standard InChI is InChI=1S/C17H26N6O/c1-17(2,3)16(24)21-14-13-11-20-23(15(13)19-12-18-14)10-9-22-7-5-4-6-8-22/h11-12H,4-10H2,1-3H3,(H,18,19,21,24). The van der Waals surface area contributed by atoms with E-state index in [1.165, 1.54) is 38.7 Å². The van der Waals surface area contributed by atoms with E-state index in [2.05, 4.69) is 25.3 Å². The largest absolute Gasteiger partial charge is 0.310 e. The minimum Gasteiger partial charge on any atom is -0.310 e. The lowest BCUT2D eigenvalue weighted by atomic mass is 9.96. The van der Waals surface area contributed by atoms with E-state index in [4.69, 9.17) is 0 Å². The fourth-order valence-electron chi connectivity index (χ4n) is 2.87. The fraction of sp³-hybridized carbons (Fsp3) is 0.647. The average molecular weight is 330 g/mol. The summed E-state index contributed by atoms with van der Waals surface area (Å²) in [6, 6.07) is 0. The number of nitrogens with one attached hydrogen (secondary N) is 1. The van der Waals surface area contributed by atoms with Crippen molar-refractivity contribution in [2.24, 2.45) is 5.41 Å². The molecule has 0 bridgehead atoms. The number of anilines is 1. The number of hydrogen-bond acceptors (Lipinski definition) is 5. The van der Waals surface area contributed by atoms with E-state index in [9.17, 15) is 4.79 Å². The molecule has 0 unspecified atom stereocenters. The van der Waals surface area contributed by atoms with Crippen LogP contribution in [0.15, 0.2) is 12.5 Å². The van der Waals surface area contributed by atoms with Gasteiger partial charge in [0.25, 0.3) is 0 Å². The molecule has 1 fully saturated rings. The van der Waals surface area contributed by atoms with Crippen molar-refractivity contribution >= 4 is 22.8 Å². The molecular weight excluding hydrogens is 304 g/mol. The highest BCUT2D eigenvalue weighted by molar-refractivity contribution is 6.00. The molecule has 0 saturated carbocycles. The summed E-state index contributed by atoms with van der Waals surface area (Å²) in [5.74, 6) is 0.465. The monoisotopic (exact) mass is 330 g/mol.